The van der Waals surface area contributed by atoms with Crippen LogP contribution in [-0.4, -0.2) is 51.1 Å². The third-order valence-electron chi connectivity index (χ3n) is 2.72. The Balaban J connectivity index is 2.66. The van der Waals surface area contributed by atoms with Crippen LogP contribution >= 0.6 is 12.8 Å². The minimum atomic E-state index is -1.43. The van der Waals surface area contributed by atoms with Crippen LogP contribution in [0.25, 0.3) is 0 Å². The maximum absolute atomic E-state index is 11.8. The molecule has 0 aromatic heterocycles. The zero-order chi connectivity index (χ0) is 13.6. The van der Waals surface area contributed by atoms with Gasteiger partial charge in [0.2, 0.25) is 11.7 Å². The van der Waals surface area contributed by atoms with Crippen LogP contribution in [0.2, 0.25) is 0 Å². The fourth-order valence-electron chi connectivity index (χ4n) is 1.59. The highest BCUT2D eigenvalue weighted by Gasteiger charge is 2.44. The summed E-state index contributed by atoms with van der Waals surface area (Å²) in [5.41, 5.74) is 0. The average Bonchev–Trinajstić information content (AvgIpc) is 2.44. The summed E-state index contributed by atoms with van der Waals surface area (Å²) in [6, 6.07) is 0. The van der Waals surface area contributed by atoms with Gasteiger partial charge in [0.15, 0.2) is 0 Å². The molecule has 18 heavy (non-hydrogen) atoms. The van der Waals surface area contributed by atoms with Crippen molar-refractivity contribution in [3.8, 4) is 0 Å². The van der Waals surface area contributed by atoms with Crippen LogP contribution in [-0.2, 0) is 23.8 Å². The number of rotatable bonds is 5. The lowest BCUT2D eigenvalue weighted by molar-refractivity contribution is -0.282. The quantitative estimate of drug-likeness (QED) is 0.575. The number of thiol groups is 1. The summed E-state index contributed by atoms with van der Waals surface area (Å²) in [6.07, 6.45) is -0.00848. The highest BCUT2D eigenvalue weighted by molar-refractivity contribution is 7.78. The van der Waals surface area contributed by atoms with Crippen LogP contribution in [0, 0.1) is 0 Å². The van der Waals surface area contributed by atoms with Crippen LogP contribution in [0.3, 0.4) is 0 Å². The summed E-state index contributed by atoms with van der Waals surface area (Å²) < 4.78 is 18.2. The van der Waals surface area contributed by atoms with Gasteiger partial charge in [-0.2, -0.15) is 0 Å². The molecule has 1 aliphatic heterocycles. The van der Waals surface area contributed by atoms with Gasteiger partial charge >= 0.3 is 0 Å². The number of hydrogen-bond donors (Lipinski definition) is 3. The van der Waals surface area contributed by atoms with Gasteiger partial charge in [-0.25, -0.2) is 0 Å². The molecule has 1 fully saturated rings. The monoisotopic (exact) mass is 278 g/mol. The van der Waals surface area contributed by atoms with E-state index in [2.05, 4.69) is 22.9 Å². The van der Waals surface area contributed by atoms with E-state index in [4.69, 9.17) is 14.2 Å². The van der Waals surface area contributed by atoms with Gasteiger partial charge in [-0.05, 0) is 0 Å². The number of methoxy groups -OCH3 is 1. The normalized spacial score (nSPS) is 27.6. The van der Waals surface area contributed by atoms with Crippen molar-refractivity contribution in [2.75, 3.05) is 27.4 Å². The zero-order valence-corrected chi connectivity index (χ0v) is 11.3. The van der Waals surface area contributed by atoms with Gasteiger partial charge in [0.05, 0.1) is 13.2 Å². The molecule has 7 nitrogen and oxygen atoms in total. The van der Waals surface area contributed by atoms with Gasteiger partial charge in [-0.3, -0.25) is 9.59 Å². The first-order chi connectivity index (χ1) is 8.57. The Labute approximate surface area is 111 Å². The largest absolute Gasteiger partial charge is 0.377 e. The van der Waals surface area contributed by atoms with Crippen molar-refractivity contribution in [1.82, 2.24) is 10.0 Å². The third-order valence-corrected chi connectivity index (χ3v) is 2.97. The molecule has 0 bridgehead atoms. The first-order valence-corrected chi connectivity index (χ1v) is 5.98. The number of ether oxygens (including phenoxy) is 3. The summed E-state index contributed by atoms with van der Waals surface area (Å²) in [6.45, 7) is 0.485. The summed E-state index contributed by atoms with van der Waals surface area (Å²) >= 11 is 3.64. The van der Waals surface area contributed by atoms with Crippen molar-refractivity contribution in [1.29, 1.82) is 0 Å². The SMILES string of the molecule is CNC(=O)C1(CCC(=O)NS)OCC(OC)CO1. The second-order valence-corrected chi connectivity index (χ2v) is 4.07. The van der Waals surface area contributed by atoms with E-state index in [0.29, 0.717) is 0 Å². The third kappa shape index (κ3) is 3.58. The molecule has 1 saturated heterocycles. The number of amides is 2. The van der Waals surface area contributed by atoms with Crippen LogP contribution in [0.5, 0.6) is 0 Å². The van der Waals surface area contributed by atoms with E-state index in [1.165, 1.54) is 7.05 Å². The predicted molar refractivity (Wildman–Crippen MR) is 65.9 cm³/mol. The zero-order valence-electron chi connectivity index (χ0n) is 10.4. The Kier molecular flexibility index (Phi) is 5.86. The Morgan fingerprint density at radius 3 is 2.50 bits per heavy atom. The van der Waals surface area contributed by atoms with Crippen molar-refractivity contribution >= 4 is 24.6 Å². The lowest BCUT2D eigenvalue weighted by atomic mass is 10.1. The smallest absolute Gasteiger partial charge is 0.280 e. The molecule has 8 heteroatoms. The maximum Gasteiger partial charge on any atom is 0.280 e. The van der Waals surface area contributed by atoms with Crippen LogP contribution < -0.4 is 10.0 Å². The highest BCUT2D eigenvalue weighted by atomic mass is 32.1. The number of likely N-dealkylation sites (N-methyl/N-ethyl adjacent to an activating group) is 1. The summed E-state index contributed by atoms with van der Waals surface area (Å²) in [7, 11) is 3.02. The molecule has 1 rings (SSSR count). The second-order valence-electron chi connectivity index (χ2n) is 3.85. The lowest BCUT2D eigenvalue weighted by Gasteiger charge is -2.37. The first kappa shape index (κ1) is 15.2. The number of carbonyl (C=O) groups is 2. The fraction of sp³-hybridized carbons (Fsp3) is 0.800. The molecule has 2 amide bonds. The summed E-state index contributed by atoms with van der Waals surface area (Å²) in [4.78, 5) is 23.0. The lowest BCUT2D eigenvalue weighted by Crippen LogP contribution is -2.56. The molecule has 0 atom stereocenters. The molecule has 0 radical (unpaired) electrons. The molecule has 0 aliphatic carbocycles. The van der Waals surface area contributed by atoms with Gasteiger partial charge in [0, 0.05) is 27.0 Å². The molecule has 0 saturated carbocycles. The highest BCUT2D eigenvalue weighted by Crippen LogP contribution is 2.25. The molecule has 1 aliphatic rings. The molecule has 0 aromatic rings. The first-order valence-electron chi connectivity index (χ1n) is 5.54. The second kappa shape index (κ2) is 6.93. The molecular formula is C10H18N2O5S. The van der Waals surface area contributed by atoms with E-state index >= 15 is 0 Å². The van der Waals surface area contributed by atoms with Gasteiger partial charge in [0.1, 0.15) is 6.10 Å². The molecule has 0 unspecified atom stereocenters. The minimum Gasteiger partial charge on any atom is -0.377 e. The van der Waals surface area contributed by atoms with Gasteiger partial charge in [0.25, 0.3) is 5.91 Å². The predicted octanol–water partition coefficient (Wildman–Crippen LogP) is -0.768. The van der Waals surface area contributed by atoms with E-state index < -0.39 is 11.7 Å². The van der Waals surface area contributed by atoms with Crippen molar-refractivity contribution in [3.63, 3.8) is 0 Å². The summed E-state index contributed by atoms with van der Waals surface area (Å²) in [5, 5.41) is 2.47. The Hall–Kier alpha value is -0.830. The number of hydrogen-bond acceptors (Lipinski definition) is 6. The standard InChI is InChI=1S/C10H18N2O5S/c1-11-9(14)10(4-3-8(13)12-18)16-5-7(15-2)6-17-10/h7,18H,3-6H2,1-2H3,(H,11,14)(H,12,13). The fourth-order valence-corrected chi connectivity index (χ4v) is 1.71. The molecule has 1 heterocycles. The average molecular weight is 278 g/mol. The van der Waals surface area contributed by atoms with Crippen molar-refractivity contribution < 1.29 is 23.8 Å². The molecule has 2 N–H and O–H groups in total. The van der Waals surface area contributed by atoms with Crippen LogP contribution in [0.1, 0.15) is 12.8 Å². The van der Waals surface area contributed by atoms with Gasteiger partial charge in [-0.1, -0.05) is 12.8 Å². The van der Waals surface area contributed by atoms with E-state index in [-0.39, 0.29) is 38.1 Å². The van der Waals surface area contributed by atoms with Crippen LogP contribution in [0.15, 0.2) is 0 Å². The van der Waals surface area contributed by atoms with E-state index in [1.807, 2.05) is 0 Å². The van der Waals surface area contributed by atoms with E-state index in [9.17, 15) is 9.59 Å². The van der Waals surface area contributed by atoms with E-state index in [1.54, 1.807) is 7.11 Å². The number of carbonyl (C=O) groups excluding carboxylic acids is 2. The topological polar surface area (TPSA) is 85.9 Å². The van der Waals surface area contributed by atoms with Gasteiger partial charge in [-0.15, -0.1) is 0 Å². The minimum absolute atomic E-state index is 0.0779. The Morgan fingerprint density at radius 2 is 2.06 bits per heavy atom. The molecule has 104 valence electrons. The van der Waals surface area contributed by atoms with Crippen molar-refractivity contribution in [2.24, 2.45) is 0 Å². The van der Waals surface area contributed by atoms with Crippen molar-refractivity contribution in [3.05, 3.63) is 0 Å². The van der Waals surface area contributed by atoms with Crippen molar-refractivity contribution in [2.45, 2.75) is 24.7 Å². The van der Waals surface area contributed by atoms with Gasteiger partial charge < -0.3 is 24.2 Å². The number of nitrogens with one attached hydrogen (secondary N) is 2. The molecule has 0 spiro atoms. The van der Waals surface area contributed by atoms with E-state index in [0.717, 1.165) is 0 Å². The van der Waals surface area contributed by atoms with Crippen LogP contribution in [0.4, 0.5) is 0 Å². The maximum atomic E-state index is 11.8. The summed E-state index contributed by atoms with van der Waals surface area (Å²) in [5.74, 6) is -2.14. The Morgan fingerprint density at radius 1 is 1.44 bits per heavy atom. The molecule has 0 aromatic carbocycles. The molecular weight excluding hydrogens is 260 g/mol. The Bertz CT molecular complexity index is 305.